The first-order chi connectivity index (χ1) is 7.52. The van der Waals surface area contributed by atoms with Crippen LogP contribution in [0.4, 0.5) is 0 Å². The zero-order valence-electron chi connectivity index (χ0n) is 11.0. The molecule has 0 saturated carbocycles. The van der Waals surface area contributed by atoms with Crippen molar-refractivity contribution in [1.29, 1.82) is 0 Å². The summed E-state index contributed by atoms with van der Waals surface area (Å²) in [4.78, 5) is 4.06. The van der Waals surface area contributed by atoms with Crippen LogP contribution in [0.3, 0.4) is 0 Å². The number of hydrogen-bond acceptors (Lipinski definition) is 2. The number of rotatable bonds is 6. The maximum atomic E-state index is 5.73. The number of allylic oxidation sites excluding steroid dienone is 4. The Kier molecular flexibility index (Phi) is 7.48. The molecule has 2 nitrogen and oxygen atoms in total. The third kappa shape index (κ3) is 5.66. The summed E-state index contributed by atoms with van der Waals surface area (Å²) >= 11 is 0. The van der Waals surface area contributed by atoms with Crippen molar-refractivity contribution >= 4 is 6.21 Å². The molecule has 90 valence electrons. The van der Waals surface area contributed by atoms with E-state index < -0.39 is 0 Å². The minimum atomic E-state index is 0.0594. The van der Waals surface area contributed by atoms with Crippen molar-refractivity contribution in [1.82, 2.24) is 0 Å². The molecule has 0 aromatic carbocycles. The molecule has 0 rings (SSSR count). The molecule has 0 heterocycles. The third-order valence-electron chi connectivity index (χ3n) is 2.61. The fourth-order valence-corrected chi connectivity index (χ4v) is 1.16. The second-order valence-corrected chi connectivity index (χ2v) is 4.03. The molecule has 2 heteroatoms. The zero-order chi connectivity index (χ0) is 12.6. The summed E-state index contributed by atoms with van der Waals surface area (Å²) in [5, 5.41) is 0. The van der Waals surface area contributed by atoms with E-state index in [9.17, 15) is 0 Å². The molecule has 0 radical (unpaired) electrons. The molecular formula is C14H24N2. The SMILES string of the molecule is C=C(C/C=C/C(C=NC)=C(/C)CC)C(C)N. The number of aliphatic imine (C=N–C) groups is 1. The van der Waals surface area contributed by atoms with Gasteiger partial charge in [0.05, 0.1) is 0 Å². The quantitative estimate of drug-likeness (QED) is 0.416. The minimum absolute atomic E-state index is 0.0594. The van der Waals surface area contributed by atoms with Crippen molar-refractivity contribution in [3.63, 3.8) is 0 Å². The van der Waals surface area contributed by atoms with Gasteiger partial charge in [-0.3, -0.25) is 4.99 Å². The first-order valence-electron chi connectivity index (χ1n) is 5.74. The molecule has 0 spiro atoms. The molecule has 0 fully saturated rings. The highest BCUT2D eigenvalue weighted by molar-refractivity contribution is 5.83. The molecule has 0 bridgehead atoms. The average Bonchev–Trinajstić information content (AvgIpc) is 2.26. The summed E-state index contributed by atoms with van der Waals surface area (Å²) in [5.74, 6) is 0. The van der Waals surface area contributed by atoms with E-state index in [2.05, 4.69) is 37.6 Å². The summed E-state index contributed by atoms with van der Waals surface area (Å²) in [6.45, 7) is 10.2. The Balaban J connectivity index is 4.54. The monoisotopic (exact) mass is 220 g/mol. The van der Waals surface area contributed by atoms with Crippen LogP contribution in [-0.2, 0) is 0 Å². The molecule has 0 saturated heterocycles. The van der Waals surface area contributed by atoms with E-state index in [0.717, 1.165) is 18.4 Å². The first-order valence-corrected chi connectivity index (χ1v) is 5.74. The van der Waals surface area contributed by atoms with Gasteiger partial charge < -0.3 is 5.73 Å². The van der Waals surface area contributed by atoms with E-state index in [1.165, 1.54) is 11.1 Å². The predicted octanol–water partition coefficient (Wildman–Crippen LogP) is 3.26. The fraction of sp³-hybridized carbons (Fsp3) is 0.500. The molecule has 2 N–H and O–H groups in total. The van der Waals surface area contributed by atoms with Gasteiger partial charge in [-0.1, -0.05) is 36.8 Å². The standard InChI is InChI=1S/C14H24N2/c1-6-11(2)14(10-16-5)9-7-8-12(3)13(4)15/h7,9-10,13H,3,6,8,15H2,1-2,4-5H3/b9-7+,14-11+,16-10?. The lowest BCUT2D eigenvalue weighted by molar-refractivity contribution is 0.839. The predicted molar refractivity (Wildman–Crippen MR) is 74.0 cm³/mol. The van der Waals surface area contributed by atoms with Crippen LogP contribution in [0, 0.1) is 0 Å². The van der Waals surface area contributed by atoms with Crippen molar-refractivity contribution in [3.8, 4) is 0 Å². The molecule has 0 aliphatic heterocycles. The molecule has 0 aliphatic rings. The summed E-state index contributed by atoms with van der Waals surface area (Å²) in [7, 11) is 1.79. The highest BCUT2D eigenvalue weighted by Gasteiger charge is 1.98. The lowest BCUT2D eigenvalue weighted by atomic mass is 10.0. The van der Waals surface area contributed by atoms with Crippen LogP contribution in [0.25, 0.3) is 0 Å². The molecular weight excluding hydrogens is 196 g/mol. The van der Waals surface area contributed by atoms with Gasteiger partial charge in [-0.25, -0.2) is 0 Å². The van der Waals surface area contributed by atoms with E-state index in [1.54, 1.807) is 7.05 Å². The van der Waals surface area contributed by atoms with Gasteiger partial charge in [0, 0.05) is 19.3 Å². The van der Waals surface area contributed by atoms with E-state index >= 15 is 0 Å². The lowest BCUT2D eigenvalue weighted by Crippen LogP contribution is -2.16. The van der Waals surface area contributed by atoms with Crippen LogP contribution in [0.1, 0.15) is 33.6 Å². The Morgan fingerprint density at radius 3 is 2.56 bits per heavy atom. The highest BCUT2D eigenvalue weighted by Crippen LogP contribution is 2.10. The molecule has 0 aliphatic carbocycles. The molecule has 1 atom stereocenters. The Morgan fingerprint density at radius 2 is 2.12 bits per heavy atom. The van der Waals surface area contributed by atoms with Gasteiger partial charge in [0.25, 0.3) is 0 Å². The summed E-state index contributed by atoms with van der Waals surface area (Å²) in [5.41, 5.74) is 9.30. The maximum absolute atomic E-state index is 5.73. The van der Waals surface area contributed by atoms with Crippen LogP contribution in [0.15, 0.2) is 40.4 Å². The van der Waals surface area contributed by atoms with Crippen LogP contribution in [0.2, 0.25) is 0 Å². The van der Waals surface area contributed by atoms with Crippen molar-refractivity contribution in [3.05, 3.63) is 35.5 Å². The third-order valence-corrected chi connectivity index (χ3v) is 2.61. The van der Waals surface area contributed by atoms with Gasteiger partial charge in [-0.2, -0.15) is 0 Å². The molecule has 16 heavy (non-hydrogen) atoms. The molecule has 0 aromatic rings. The van der Waals surface area contributed by atoms with Gasteiger partial charge >= 0.3 is 0 Å². The zero-order valence-corrected chi connectivity index (χ0v) is 11.0. The minimum Gasteiger partial charge on any atom is -0.324 e. The maximum Gasteiger partial charge on any atom is 0.0280 e. The van der Waals surface area contributed by atoms with E-state index in [0.29, 0.717) is 0 Å². The second-order valence-electron chi connectivity index (χ2n) is 4.03. The largest absolute Gasteiger partial charge is 0.324 e. The topological polar surface area (TPSA) is 38.4 Å². The van der Waals surface area contributed by atoms with Crippen LogP contribution >= 0.6 is 0 Å². The number of hydrogen-bond donors (Lipinski definition) is 1. The average molecular weight is 220 g/mol. The second kappa shape index (κ2) is 8.05. The van der Waals surface area contributed by atoms with Gasteiger partial charge in [-0.15, -0.1) is 0 Å². The van der Waals surface area contributed by atoms with Gasteiger partial charge in [0.15, 0.2) is 0 Å². The van der Waals surface area contributed by atoms with Crippen molar-refractivity contribution in [2.45, 2.75) is 39.7 Å². The molecule has 1 unspecified atom stereocenters. The normalized spacial score (nSPS) is 15.6. The highest BCUT2D eigenvalue weighted by atomic mass is 14.6. The molecule has 0 amide bonds. The number of nitrogens with zero attached hydrogens (tertiary/aromatic N) is 1. The number of nitrogens with two attached hydrogens (primary N) is 1. The van der Waals surface area contributed by atoms with Crippen molar-refractivity contribution < 1.29 is 0 Å². The summed E-state index contributed by atoms with van der Waals surface area (Å²) in [6, 6.07) is 0.0594. The van der Waals surface area contributed by atoms with Gasteiger partial charge in [-0.05, 0) is 32.3 Å². The summed E-state index contributed by atoms with van der Waals surface area (Å²) in [6.07, 6.45) is 7.96. The lowest BCUT2D eigenvalue weighted by Gasteiger charge is -2.06. The van der Waals surface area contributed by atoms with Crippen molar-refractivity contribution in [2.75, 3.05) is 7.05 Å². The first kappa shape index (κ1) is 14.8. The fourth-order valence-electron chi connectivity index (χ4n) is 1.16. The Bertz CT molecular complexity index is 307. The Labute approximate surface area is 99.6 Å². The van der Waals surface area contributed by atoms with Crippen molar-refractivity contribution in [2.24, 2.45) is 10.7 Å². The Morgan fingerprint density at radius 1 is 1.50 bits per heavy atom. The smallest absolute Gasteiger partial charge is 0.0280 e. The Hall–Kier alpha value is -1.15. The van der Waals surface area contributed by atoms with Crippen LogP contribution in [-0.4, -0.2) is 19.3 Å². The van der Waals surface area contributed by atoms with E-state index in [1.807, 2.05) is 13.1 Å². The van der Waals surface area contributed by atoms with Crippen LogP contribution in [0.5, 0.6) is 0 Å². The molecule has 0 aromatic heterocycles. The van der Waals surface area contributed by atoms with Gasteiger partial charge in [0.2, 0.25) is 0 Å². The summed E-state index contributed by atoms with van der Waals surface area (Å²) < 4.78 is 0. The van der Waals surface area contributed by atoms with E-state index in [4.69, 9.17) is 5.73 Å². The van der Waals surface area contributed by atoms with E-state index in [-0.39, 0.29) is 6.04 Å². The van der Waals surface area contributed by atoms with Gasteiger partial charge in [0.1, 0.15) is 0 Å². The van der Waals surface area contributed by atoms with Crippen LogP contribution < -0.4 is 5.73 Å².